The molecule has 0 aliphatic rings. The Labute approximate surface area is 163 Å². The molecule has 27 heavy (non-hydrogen) atoms. The minimum absolute atomic E-state index is 0.560. The van der Waals surface area contributed by atoms with Crippen LogP contribution in [0.4, 0.5) is 0 Å². The molecule has 4 rings (SSSR count). The molecule has 0 saturated heterocycles. The summed E-state index contributed by atoms with van der Waals surface area (Å²) in [5, 5.41) is 1.96. The van der Waals surface area contributed by atoms with Gasteiger partial charge in [0.1, 0.15) is 7.05 Å². The number of hydrogen-bond acceptors (Lipinski definition) is 2. The molecule has 0 spiro atoms. The average molecular weight is 362 g/mol. The highest BCUT2D eigenvalue weighted by molar-refractivity contribution is 6.08. The van der Waals surface area contributed by atoms with E-state index in [1.54, 1.807) is 0 Å². The van der Waals surface area contributed by atoms with Crippen molar-refractivity contribution in [2.75, 3.05) is 0 Å². The lowest BCUT2D eigenvalue weighted by atomic mass is 9.97. The minimum atomic E-state index is -0.785. The Balaban J connectivity index is 2.04. The number of rotatable bonds is 3. The molecule has 3 aromatic heterocycles. The molecule has 138 valence electrons. The van der Waals surface area contributed by atoms with E-state index < -0.39 is 11.8 Å². The molecule has 0 amide bonds. The number of fused-ring (bicyclic) bond motifs is 3. The van der Waals surface area contributed by atoms with Gasteiger partial charge in [0.15, 0.2) is 11.8 Å². The molecule has 0 fully saturated rings. The van der Waals surface area contributed by atoms with Crippen LogP contribution in [0.25, 0.3) is 33.3 Å². The first-order valence-electron chi connectivity index (χ1n) is 10.3. The van der Waals surface area contributed by atoms with Crippen LogP contribution in [0.15, 0.2) is 47.0 Å². The molecule has 4 aromatic rings. The van der Waals surface area contributed by atoms with E-state index in [0.717, 1.165) is 38.7 Å². The van der Waals surface area contributed by atoms with Crippen LogP contribution in [0.1, 0.15) is 59.0 Å². The van der Waals surface area contributed by atoms with Crippen molar-refractivity contribution >= 4 is 22.1 Å². The number of benzene rings is 1. The zero-order valence-electron chi connectivity index (χ0n) is 18.8. The van der Waals surface area contributed by atoms with Crippen LogP contribution in [-0.4, -0.2) is 4.98 Å². The lowest BCUT2D eigenvalue weighted by Crippen LogP contribution is -2.31. The van der Waals surface area contributed by atoms with Crippen LogP contribution in [-0.2, 0) is 7.05 Å². The molecule has 0 atom stereocenters. The summed E-state index contributed by atoms with van der Waals surface area (Å²) in [6, 6.07) is 12.2. The van der Waals surface area contributed by atoms with Crippen molar-refractivity contribution in [1.29, 1.82) is 0 Å². The smallest absolute Gasteiger partial charge is 0.227 e. The van der Waals surface area contributed by atoms with Crippen LogP contribution in [0.3, 0.4) is 0 Å². The van der Waals surface area contributed by atoms with Gasteiger partial charge < -0.3 is 4.42 Å². The monoisotopic (exact) mass is 361 g/mol. The van der Waals surface area contributed by atoms with Gasteiger partial charge in [0, 0.05) is 31.3 Å². The van der Waals surface area contributed by atoms with Crippen molar-refractivity contribution in [3.8, 4) is 11.3 Å². The summed E-state index contributed by atoms with van der Waals surface area (Å²) in [7, 11) is 2.01. The van der Waals surface area contributed by atoms with E-state index in [4.69, 9.17) is 7.16 Å². The summed E-state index contributed by atoms with van der Waals surface area (Å²) in [6.45, 7) is 9.52. The predicted molar refractivity (Wildman–Crippen MR) is 111 cm³/mol. The minimum Gasteiger partial charge on any atom is -0.437 e. The molecule has 0 N–H and O–H groups in total. The maximum atomic E-state index is 8.43. The highest BCUT2D eigenvalue weighted by Gasteiger charge is 2.22. The lowest BCUT2D eigenvalue weighted by Gasteiger charge is -2.09. The quantitative estimate of drug-likeness (QED) is 0.417. The van der Waals surface area contributed by atoms with Gasteiger partial charge in [-0.15, -0.1) is 0 Å². The van der Waals surface area contributed by atoms with Crippen molar-refractivity contribution in [3.05, 3.63) is 59.4 Å². The number of pyridine rings is 2. The second-order valence-corrected chi connectivity index (χ2v) is 7.70. The largest absolute Gasteiger partial charge is 0.437 e. The molecule has 3 heteroatoms. The normalized spacial score (nSPS) is 13.9. The van der Waals surface area contributed by atoms with E-state index in [1.165, 1.54) is 0 Å². The van der Waals surface area contributed by atoms with Gasteiger partial charge in [-0.1, -0.05) is 39.8 Å². The van der Waals surface area contributed by atoms with Crippen molar-refractivity contribution < 1.29 is 11.7 Å². The Hall–Kier alpha value is -2.68. The molecule has 0 aliphatic heterocycles. The molecule has 0 radical (unpaired) electrons. The van der Waals surface area contributed by atoms with Gasteiger partial charge in [-0.2, -0.15) is 0 Å². The summed E-state index contributed by atoms with van der Waals surface area (Å²) in [4.78, 5) is 4.64. The van der Waals surface area contributed by atoms with Crippen molar-refractivity contribution in [3.63, 3.8) is 0 Å². The Morgan fingerprint density at radius 3 is 2.44 bits per heavy atom. The second-order valence-electron chi connectivity index (χ2n) is 7.70. The highest BCUT2D eigenvalue weighted by atomic mass is 16.3. The van der Waals surface area contributed by atoms with Gasteiger partial charge in [-0.25, -0.2) is 9.55 Å². The molecule has 1 aromatic carbocycles. The summed E-state index contributed by atoms with van der Waals surface area (Å²) in [5.74, 6) is -1.47. The van der Waals surface area contributed by atoms with Gasteiger partial charge in [0.25, 0.3) is 0 Å². The van der Waals surface area contributed by atoms with Gasteiger partial charge in [-0.3, -0.25) is 0 Å². The third kappa shape index (κ3) is 2.91. The fraction of sp³-hybridized carbons (Fsp3) is 0.333. The summed E-state index contributed by atoms with van der Waals surface area (Å²) >= 11 is 0. The fourth-order valence-electron chi connectivity index (χ4n) is 3.55. The Morgan fingerprint density at radius 1 is 1.00 bits per heavy atom. The third-order valence-electron chi connectivity index (χ3n) is 5.21. The van der Waals surface area contributed by atoms with E-state index in [9.17, 15) is 0 Å². The number of aryl methyl sites for hydroxylation is 2. The summed E-state index contributed by atoms with van der Waals surface area (Å²) < 4.78 is 25.1. The standard InChI is InChI=1S/C24H27N2O/c1-14(2)17-11-12-26(6)21(13-17)22-16(5)7-8-18-19-9-10-20(15(3)4)25-24(19)27-23(18)22/h7-15H,1-6H3/q+1/i14D,15D. The van der Waals surface area contributed by atoms with Crippen LogP contribution in [0.2, 0.25) is 0 Å². The number of furan rings is 1. The van der Waals surface area contributed by atoms with E-state index in [1.807, 2.05) is 59.1 Å². The Bertz CT molecular complexity index is 1240. The lowest BCUT2D eigenvalue weighted by molar-refractivity contribution is -0.660. The van der Waals surface area contributed by atoms with Gasteiger partial charge in [0.2, 0.25) is 11.4 Å². The van der Waals surface area contributed by atoms with Crippen LogP contribution >= 0.6 is 0 Å². The van der Waals surface area contributed by atoms with Crippen LogP contribution in [0, 0.1) is 6.92 Å². The molecule has 3 heterocycles. The van der Waals surface area contributed by atoms with E-state index >= 15 is 0 Å². The highest BCUT2D eigenvalue weighted by Crippen LogP contribution is 2.37. The zero-order valence-corrected chi connectivity index (χ0v) is 16.8. The van der Waals surface area contributed by atoms with Gasteiger partial charge in [-0.05, 0) is 42.0 Å². The third-order valence-corrected chi connectivity index (χ3v) is 5.21. The van der Waals surface area contributed by atoms with E-state index in [2.05, 4.69) is 34.7 Å². The number of nitrogens with zero attached hydrogens (tertiary/aromatic N) is 2. The molecule has 0 aliphatic carbocycles. The van der Waals surface area contributed by atoms with Crippen molar-refractivity contribution in [2.45, 2.75) is 46.4 Å². The van der Waals surface area contributed by atoms with Crippen molar-refractivity contribution in [1.82, 2.24) is 4.98 Å². The van der Waals surface area contributed by atoms with Crippen molar-refractivity contribution in [2.24, 2.45) is 7.05 Å². The first kappa shape index (κ1) is 15.4. The summed E-state index contributed by atoms with van der Waals surface area (Å²) in [6.07, 6.45) is 2.00. The maximum Gasteiger partial charge on any atom is 0.227 e. The molecular formula is C24H27N2O+. The second kappa shape index (κ2) is 6.49. The topological polar surface area (TPSA) is 29.9 Å². The molecule has 0 bridgehead atoms. The van der Waals surface area contributed by atoms with Gasteiger partial charge >= 0.3 is 0 Å². The molecular weight excluding hydrogens is 332 g/mol. The Morgan fingerprint density at radius 2 is 1.74 bits per heavy atom. The first-order chi connectivity index (χ1) is 13.5. The van der Waals surface area contributed by atoms with E-state index in [0.29, 0.717) is 11.4 Å². The van der Waals surface area contributed by atoms with Crippen LogP contribution in [0.5, 0.6) is 0 Å². The zero-order chi connectivity index (χ0) is 21.1. The number of aromatic nitrogens is 2. The van der Waals surface area contributed by atoms with Crippen LogP contribution < -0.4 is 4.57 Å². The average Bonchev–Trinajstić information content (AvgIpc) is 2.98. The molecule has 0 unspecified atom stereocenters. The first-order valence-corrected chi connectivity index (χ1v) is 9.31. The fourth-order valence-corrected chi connectivity index (χ4v) is 3.55. The number of hydrogen-bond donors (Lipinski definition) is 0. The molecule has 0 saturated carbocycles. The Kier molecular flexibility index (Phi) is 3.70. The molecule has 3 nitrogen and oxygen atoms in total. The van der Waals surface area contributed by atoms with Gasteiger partial charge in [0.05, 0.1) is 5.56 Å². The maximum absolute atomic E-state index is 8.43. The predicted octanol–water partition coefficient (Wildman–Crippen LogP) is 6.03. The SMILES string of the molecule is [2H]C(C)(C)c1cc[n+](C)c(-c2c(C)ccc3c2oc2nc(C([2H])(C)C)ccc23)c1. The summed E-state index contributed by atoms with van der Waals surface area (Å²) in [5.41, 5.74) is 6.12. The van der Waals surface area contributed by atoms with E-state index in [-0.39, 0.29) is 0 Å².